The molecule has 2 amide bonds. The number of amides is 2. The molecule has 110 valence electrons. The number of nitrogens with zero attached hydrogens (tertiary/aromatic N) is 1. The molecule has 0 fully saturated rings. The third kappa shape index (κ3) is 3.29. The van der Waals surface area contributed by atoms with Crippen LogP contribution in [-0.2, 0) is 5.41 Å². The number of urea groups is 1. The van der Waals surface area contributed by atoms with Crippen LogP contribution in [0, 0.1) is 0 Å². The summed E-state index contributed by atoms with van der Waals surface area (Å²) in [5.41, 5.74) is 1.04. The fourth-order valence-electron chi connectivity index (χ4n) is 1.75. The van der Waals surface area contributed by atoms with Crippen molar-refractivity contribution in [3.8, 4) is 5.75 Å². The number of aldehydes is 1. The van der Waals surface area contributed by atoms with E-state index in [1.54, 1.807) is 20.2 Å². The number of aromatic hydroxyl groups is 1. The Labute approximate surface area is 119 Å². The van der Waals surface area contributed by atoms with E-state index < -0.39 is 0 Å². The minimum atomic E-state index is -0.358. The molecule has 0 aliphatic rings. The number of phenols is 1. The molecule has 0 aromatic heterocycles. The molecule has 1 rings (SSSR count). The lowest BCUT2D eigenvalue weighted by Gasteiger charge is -2.26. The number of nitrogens with one attached hydrogen (secondary N) is 1. The fraction of sp³-hybridized carbons (Fsp3) is 0.467. The molecule has 2 N–H and O–H groups in total. The van der Waals surface area contributed by atoms with Gasteiger partial charge in [0.1, 0.15) is 12.0 Å². The molecule has 0 aliphatic carbocycles. The summed E-state index contributed by atoms with van der Waals surface area (Å²) in [6, 6.07) is 2.78. The first kappa shape index (κ1) is 16.0. The molecule has 5 nitrogen and oxygen atoms in total. The predicted octanol–water partition coefficient (Wildman–Crippen LogP) is 2.99. The molecular weight excluding hydrogens is 256 g/mol. The van der Waals surface area contributed by atoms with E-state index in [1.165, 1.54) is 11.0 Å². The van der Waals surface area contributed by atoms with Crippen LogP contribution in [0.5, 0.6) is 5.75 Å². The van der Waals surface area contributed by atoms with E-state index in [1.807, 2.05) is 20.8 Å². The van der Waals surface area contributed by atoms with Crippen molar-refractivity contribution in [2.45, 2.75) is 32.6 Å². The van der Waals surface area contributed by atoms with Gasteiger partial charge in [0.05, 0.1) is 5.69 Å². The second-order valence-electron chi connectivity index (χ2n) is 5.64. The van der Waals surface area contributed by atoms with Gasteiger partial charge >= 0.3 is 6.03 Å². The summed E-state index contributed by atoms with van der Waals surface area (Å²) in [5, 5.41) is 13.0. The molecule has 0 atom stereocenters. The van der Waals surface area contributed by atoms with Gasteiger partial charge in [-0.2, -0.15) is 0 Å². The van der Waals surface area contributed by atoms with Gasteiger partial charge in [-0.1, -0.05) is 20.8 Å². The second-order valence-corrected chi connectivity index (χ2v) is 5.64. The molecule has 0 bridgehead atoms. The average Bonchev–Trinajstić information content (AvgIpc) is 2.40. The average molecular weight is 278 g/mol. The first-order chi connectivity index (χ1) is 9.22. The van der Waals surface area contributed by atoms with Gasteiger partial charge in [0.2, 0.25) is 0 Å². The van der Waals surface area contributed by atoms with Crippen molar-refractivity contribution in [2.75, 3.05) is 19.4 Å². The van der Waals surface area contributed by atoms with E-state index in [9.17, 15) is 14.7 Å². The van der Waals surface area contributed by atoms with E-state index >= 15 is 0 Å². The highest BCUT2D eigenvalue weighted by Crippen LogP contribution is 2.39. The molecule has 1 aromatic rings. The molecule has 0 heterocycles. The maximum atomic E-state index is 11.7. The van der Waals surface area contributed by atoms with E-state index in [-0.39, 0.29) is 22.9 Å². The molecule has 0 spiro atoms. The van der Waals surface area contributed by atoms with Crippen molar-refractivity contribution in [2.24, 2.45) is 0 Å². The minimum Gasteiger partial charge on any atom is -0.505 e. The van der Waals surface area contributed by atoms with E-state index in [2.05, 4.69) is 5.32 Å². The Hall–Kier alpha value is -2.04. The molecule has 0 saturated carbocycles. The third-order valence-corrected chi connectivity index (χ3v) is 3.53. The summed E-state index contributed by atoms with van der Waals surface area (Å²) in [5.74, 6) is 0.0117. The van der Waals surface area contributed by atoms with Gasteiger partial charge in [0.25, 0.3) is 0 Å². The van der Waals surface area contributed by atoms with Crippen LogP contribution in [0.1, 0.15) is 43.1 Å². The normalized spacial score (nSPS) is 11.1. The summed E-state index contributed by atoms with van der Waals surface area (Å²) in [7, 11) is 3.21. The number of rotatable bonds is 4. The molecule has 0 radical (unpaired) electrons. The second kappa shape index (κ2) is 5.94. The predicted molar refractivity (Wildman–Crippen MR) is 79.5 cm³/mol. The largest absolute Gasteiger partial charge is 0.505 e. The van der Waals surface area contributed by atoms with Crippen molar-refractivity contribution in [3.63, 3.8) is 0 Å². The molecule has 0 saturated heterocycles. The van der Waals surface area contributed by atoms with Crippen LogP contribution in [0.3, 0.4) is 0 Å². The van der Waals surface area contributed by atoms with Gasteiger partial charge < -0.3 is 15.3 Å². The number of hydrogen-bond acceptors (Lipinski definition) is 3. The maximum absolute atomic E-state index is 11.7. The maximum Gasteiger partial charge on any atom is 0.321 e. The third-order valence-electron chi connectivity index (χ3n) is 3.53. The zero-order valence-electron chi connectivity index (χ0n) is 12.7. The topological polar surface area (TPSA) is 69.6 Å². The zero-order chi connectivity index (χ0) is 15.5. The summed E-state index contributed by atoms with van der Waals surface area (Å²) in [6.45, 7) is 5.97. The van der Waals surface area contributed by atoms with E-state index in [4.69, 9.17) is 0 Å². The number of anilines is 1. The molecule has 5 heteroatoms. The lowest BCUT2D eigenvalue weighted by Crippen LogP contribution is -2.27. The van der Waals surface area contributed by atoms with Gasteiger partial charge in [-0.05, 0) is 24.0 Å². The van der Waals surface area contributed by atoms with Crippen molar-refractivity contribution >= 4 is 18.0 Å². The lowest BCUT2D eigenvalue weighted by molar-refractivity contribution is 0.112. The van der Waals surface area contributed by atoms with Crippen LogP contribution < -0.4 is 5.32 Å². The summed E-state index contributed by atoms with van der Waals surface area (Å²) in [6.07, 6.45) is 1.50. The van der Waals surface area contributed by atoms with E-state index in [0.717, 1.165) is 6.42 Å². The van der Waals surface area contributed by atoms with Crippen LogP contribution in [0.4, 0.5) is 10.5 Å². The van der Waals surface area contributed by atoms with Gasteiger partial charge in [-0.3, -0.25) is 4.79 Å². The molecular formula is C15H22N2O3. The van der Waals surface area contributed by atoms with Crippen LogP contribution >= 0.6 is 0 Å². The Kier molecular flexibility index (Phi) is 4.76. The van der Waals surface area contributed by atoms with Crippen LogP contribution in [-0.4, -0.2) is 36.4 Å². The summed E-state index contributed by atoms with van der Waals surface area (Å²) in [4.78, 5) is 24.1. The fourth-order valence-corrected chi connectivity index (χ4v) is 1.75. The monoisotopic (exact) mass is 278 g/mol. The van der Waals surface area contributed by atoms with E-state index in [0.29, 0.717) is 17.4 Å². The number of phenolic OH excluding ortho intramolecular Hbond substituents is 1. The lowest BCUT2D eigenvalue weighted by atomic mass is 9.80. The summed E-state index contributed by atoms with van der Waals surface area (Å²) < 4.78 is 0. The number of hydrogen-bond donors (Lipinski definition) is 2. The Balaban J connectivity index is 3.35. The van der Waals surface area contributed by atoms with Crippen molar-refractivity contribution in [1.29, 1.82) is 0 Å². The number of benzene rings is 1. The highest BCUT2D eigenvalue weighted by Gasteiger charge is 2.25. The SMILES string of the molecule is CCC(C)(C)c1cc(C=O)cc(NC(=O)N(C)C)c1O. The number of carbonyl (C=O) groups is 2. The Bertz CT molecular complexity index is 522. The molecule has 1 aromatic carbocycles. The molecule has 0 unspecified atom stereocenters. The summed E-state index contributed by atoms with van der Waals surface area (Å²) >= 11 is 0. The highest BCUT2D eigenvalue weighted by atomic mass is 16.3. The van der Waals surface area contributed by atoms with Crippen LogP contribution in [0.2, 0.25) is 0 Å². The Morgan fingerprint density at radius 3 is 2.45 bits per heavy atom. The first-order valence-electron chi connectivity index (χ1n) is 6.54. The Morgan fingerprint density at radius 1 is 1.40 bits per heavy atom. The minimum absolute atomic E-state index is 0.0117. The van der Waals surface area contributed by atoms with Gasteiger partial charge in [0, 0.05) is 25.2 Å². The zero-order valence-corrected chi connectivity index (χ0v) is 12.7. The van der Waals surface area contributed by atoms with Gasteiger partial charge in [-0.15, -0.1) is 0 Å². The van der Waals surface area contributed by atoms with Crippen LogP contribution in [0.15, 0.2) is 12.1 Å². The van der Waals surface area contributed by atoms with Gasteiger partial charge in [-0.25, -0.2) is 4.79 Å². The number of carbonyl (C=O) groups excluding carboxylic acids is 2. The van der Waals surface area contributed by atoms with Crippen molar-refractivity contribution < 1.29 is 14.7 Å². The molecule has 0 aliphatic heterocycles. The first-order valence-corrected chi connectivity index (χ1v) is 6.54. The molecule has 20 heavy (non-hydrogen) atoms. The Morgan fingerprint density at radius 2 is 2.00 bits per heavy atom. The quantitative estimate of drug-likeness (QED) is 0.657. The van der Waals surface area contributed by atoms with Crippen molar-refractivity contribution in [3.05, 3.63) is 23.3 Å². The standard InChI is InChI=1S/C15H22N2O3/c1-6-15(2,3)11-7-10(9-18)8-12(13(11)19)16-14(20)17(4)5/h7-9,19H,6H2,1-5H3,(H,16,20). The highest BCUT2D eigenvalue weighted by molar-refractivity contribution is 5.92. The van der Waals surface area contributed by atoms with Crippen LogP contribution in [0.25, 0.3) is 0 Å². The van der Waals surface area contributed by atoms with Gasteiger partial charge in [0.15, 0.2) is 0 Å². The van der Waals surface area contributed by atoms with Crippen molar-refractivity contribution in [1.82, 2.24) is 4.90 Å². The smallest absolute Gasteiger partial charge is 0.321 e.